The van der Waals surface area contributed by atoms with Crippen LogP contribution < -0.4 is 0 Å². The first-order valence-electron chi connectivity index (χ1n) is 7.21. The van der Waals surface area contributed by atoms with E-state index < -0.39 is 0 Å². The third kappa shape index (κ3) is 3.04. The van der Waals surface area contributed by atoms with Crippen molar-refractivity contribution in [2.45, 2.75) is 46.0 Å². The number of likely N-dealkylation sites (tertiary alicyclic amines) is 1. The first-order valence-corrected chi connectivity index (χ1v) is 7.21. The van der Waals surface area contributed by atoms with Crippen molar-refractivity contribution >= 4 is 5.91 Å². The maximum absolute atomic E-state index is 12.4. The lowest BCUT2D eigenvalue weighted by molar-refractivity contribution is -0.129. The van der Waals surface area contributed by atoms with E-state index in [1.807, 2.05) is 0 Å². The number of nitrogens with zero attached hydrogens (tertiary/aromatic N) is 1. The fourth-order valence-corrected chi connectivity index (χ4v) is 3.05. The van der Waals surface area contributed by atoms with Gasteiger partial charge >= 0.3 is 0 Å². The molecule has 0 N–H and O–H groups in total. The van der Waals surface area contributed by atoms with Gasteiger partial charge in [0.1, 0.15) is 0 Å². The topological polar surface area (TPSA) is 20.3 Å². The first-order chi connectivity index (χ1) is 8.58. The molecule has 0 bridgehead atoms. The van der Waals surface area contributed by atoms with Crippen LogP contribution in [0.1, 0.15) is 46.0 Å². The highest BCUT2D eigenvalue weighted by Crippen LogP contribution is 2.29. The van der Waals surface area contributed by atoms with Crippen molar-refractivity contribution < 1.29 is 4.79 Å². The van der Waals surface area contributed by atoms with Crippen molar-refractivity contribution in [3.63, 3.8) is 0 Å². The Balaban J connectivity index is 1.95. The quantitative estimate of drug-likeness (QED) is 0.683. The summed E-state index contributed by atoms with van der Waals surface area (Å²) < 4.78 is 0. The molecule has 0 spiro atoms. The zero-order chi connectivity index (χ0) is 13.1. The molecule has 2 aliphatic rings. The van der Waals surface area contributed by atoms with E-state index in [0.717, 1.165) is 44.3 Å². The molecule has 2 heteroatoms. The molecule has 1 aliphatic heterocycles. The SMILES string of the molecule is C=C(C)[C@@H]1CC=C(C(=O)N2CCCC(C)C2)CC1. The highest BCUT2D eigenvalue weighted by atomic mass is 16.2. The third-order valence-corrected chi connectivity index (χ3v) is 4.33. The van der Waals surface area contributed by atoms with Gasteiger partial charge in [0.25, 0.3) is 0 Å². The minimum Gasteiger partial charge on any atom is -0.339 e. The zero-order valence-corrected chi connectivity index (χ0v) is 11.7. The molecule has 0 radical (unpaired) electrons. The second-order valence-electron chi connectivity index (χ2n) is 6.05. The van der Waals surface area contributed by atoms with Crippen molar-refractivity contribution in [2.24, 2.45) is 11.8 Å². The number of piperidine rings is 1. The van der Waals surface area contributed by atoms with Crippen molar-refractivity contribution in [1.29, 1.82) is 0 Å². The second-order valence-corrected chi connectivity index (χ2v) is 6.05. The van der Waals surface area contributed by atoms with E-state index in [4.69, 9.17) is 0 Å². The average molecular weight is 247 g/mol. The number of amides is 1. The molecule has 18 heavy (non-hydrogen) atoms. The van der Waals surface area contributed by atoms with Gasteiger partial charge in [0.05, 0.1) is 0 Å². The van der Waals surface area contributed by atoms with Crippen molar-refractivity contribution in [1.82, 2.24) is 4.90 Å². The van der Waals surface area contributed by atoms with Crippen LogP contribution in [-0.2, 0) is 4.79 Å². The summed E-state index contributed by atoms with van der Waals surface area (Å²) in [5.41, 5.74) is 2.30. The Labute approximate surface area is 111 Å². The maximum atomic E-state index is 12.4. The Morgan fingerprint density at radius 1 is 1.44 bits per heavy atom. The van der Waals surface area contributed by atoms with Crippen molar-refractivity contribution in [3.8, 4) is 0 Å². The van der Waals surface area contributed by atoms with Gasteiger partial charge in [-0.25, -0.2) is 0 Å². The van der Waals surface area contributed by atoms with Gasteiger partial charge < -0.3 is 4.90 Å². The zero-order valence-electron chi connectivity index (χ0n) is 11.7. The van der Waals surface area contributed by atoms with E-state index in [1.54, 1.807) is 0 Å². The average Bonchev–Trinajstić information content (AvgIpc) is 2.38. The van der Waals surface area contributed by atoms with Gasteiger partial charge in [0.15, 0.2) is 0 Å². The summed E-state index contributed by atoms with van der Waals surface area (Å²) >= 11 is 0. The van der Waals surface area contributed by atoms with Crippen LogP contribution in [0.25, 0.3) is 0 Å². The number of rotatable bonds is 2. The van der Waals surface area contributed by atoms with Crippen LogP contribution in [0.3, 0.4) is 0 Å². The Bertz CT molecular complexity index is 369. The smallest absolute Gasteiger partial charge is 0.249 e. The van der Waals surface area contributed by atoms with Gasteiger partial charge in [-0.1, -0.05) is 25.2 Å². The van der Waals surface area contributed by atoms with E-state index in [-0.39, 0.29) is 0 Å². The Morgan fingerprint density at radius 2 is 2.22 bits per heavy atom. The summed E-state index contributed by atoms with van der Waals surface area (Å²) in [5.74, 6) is 1.54. The van der Waals surface area contributed by atoms with Gasteiger partial charge in [-0.3, -0.25) is 4.79 Å². The lowest BCUT2D eigenvalue weighted by Crippen LogP contribution is -2.40. The number of carbonyl (C=O) groups excluding carboxylic acids is 1. The van der Waals surface area contributed by atoms with Crippen LogP contribution in [0.15, 0.2) is 23.8 Å². The molecule has 1 amide bonds. The number of hydrogen-bond donors (Lipinski definition) is 0. The lowest BCUT2D eigenvalue weighted by atomic mass is 9.85. The highest BCUT2D eigenvalue weighted by molar-refractivity contribution is 5.93. The molecule has 1 fully saturated rings. The Kier molecular flexibility index (Phi) is 4.26. The summed E-state index contributed by atoms with van der Waals surface area (Å²) in [6.45, 7) is 10.3. The Morgan fingerprint density at radius 3 is 2.78 bits per heavy atom. The summed E-state index contributed by atoms with van der Waals surface area (Å²) in [4.78, 5) is 14.5. The fourth-order valence-electron chi connectivity index (χ4n) is 3.05. The molecule has 1 saturated heterocycles. The number of allylic oxidation sites excluding steroid dienone is 2. The molecule has 100 valence electrons. The van der Waals surface area contributed by atoms with E-state index in [9.17, 15) is 4.79 Å². The fraction of sp³-hybridized carbons (Fsp3) is 0.688. The molecule has 1 unspecified atom stereocenters. The molecular weight excluding hydrogens is 222 g/mol. The monoisotopic (exact) mass is 247 g/mol. The Hall–Kier alpha value is -1.05. The highest BCUT2D eigenvalue weighted by Gasteiger charge is 2.25. The predicted octanol–water partition coefficient (Wildman–Crippen LogP) is 3.55. The molecule has 0 aromatic rings. The van der Waals surface area contributed by atoms with Crippen molar-refractivity contribution in [3.05, 3.63) is 23.8 Å². The molecule has 0 aromatic carbocycles. The van der Waals surface area contributed by atoms with Crippen molar-refractivity contribution in [2.75, 3.05) is 13.1 Å². The summed E-state index contributed by atoms with van der Waals surface area (Å²) in [7, 11) is 0. The molecule has 0 aromatic heterocycles. The molecule has 0 saturated carbocycles. The largest absolute Gasteiger partial charge is 0.339 e. The standard InChI is InChI=1S/C16H25NO/c1-12(2)14-6-8-15(9-7-14)16(18)17-10-4-5-13(3)11-17/h8,13-14H,1,4-7,9-11H2,2-3H3/t13?,14-/m1/s1. The van der Waals surface area contributed by atoms with E-state index in [0.29, 0.717) is 17.7 Å². The summed E-state index contributed by atoms with van der Waals surface area (Å²) in [6.07, 6.45) is 7.61. The van der Waals surface area contributed by atoms with Crippen LogP contribution >= 0.6 is 0 Å². The minimum atomic E-state index is 0.293. The predicted molar refractivity (Wildman–Crippen MR) is 75.2 cm³/mol. The number of carbonyl (C=O) groups is 1. The third-order valence-electron chi connectivity index (χ3n) is 4.33. The minimum absolute atomic E-state index is 0.293. The van der Waals surface area contributed by atoms with Gasteiger partial charge in [-0.15, -0.1) is 0 Å². The molecule has 1 heterocycles. The normalized spacial score (nSPS) is 28.8. The van der Waals surface area contributed by atoms with Gasteiger partial charge in [0, 0.05) is 18.7 Å². The molecular formula is C16H25NO. The molecule has 2 nitrogen and oxygen atoms in total. The molecule has 1 aliphatic carbocycles. The van der Waals surface area contributed by atoms with Crippen LogP contribution in [-0.4, -0.2) is 23.9 Å². The first kappa shape index (κ1) is 13.4. The van der Waals surface area contributed by atoms with E-state index >= 15 is 0 Å². The molecule has 2 rings (SSSR count). The van der Waals surface area contributed by atoms with Crippen LogP contribution in [0, 0.1) is 11.8 Å². The van der Waals surface area contributed by atoms with Gasteiger partial charge in [-0.05, 0) is 50.9 Å². The second kappa shape index (κ2) is 5.73. The van der Waals surface area contributed by atoms with Crippen LogP contribution in [0.4, 0.5) is 0 Å². The molecule has 2 atom stereocenters. The number of hydrogen-bond acceptors (Lipinski definition) is 1. The van der Waals surface area contributed by atoms with Crippen LogP contribution in [0.2, 0.25) is 0 Å². The summed E-state index contributed by atoms with van der Waals surface area (Å²) in [6, 6.07) is 0. The van der Waals surface area contributed by atoms with E-state index in [2.05, 4.69) is 31.4 Å². The maximum Gasteiger partial charge on any atom is 0.249 e. The summed E-state index contributed by atoms with van der Waals surface area (Å²) in [5, 5.41) is 0. The van der Waals surface area contributed by atoms with E-state index in [1.165, 1.54) is 12.0 Å². The lowest BCUT2D eigenvalue weighted by Gasteiger charge is -2.33. The van der Waals surface area contributed by atoms with Gasteiger partial charge in [0.2, 0.25) is 5.91 Å². The van der Waals surface area contributed by atoms with Crippen LogP contribution in [0.5, 0.6) is 0 Å². The van der Waals surface area contributed by atoms with Gasteiger partial charge in [-0.2, -0.15) is 0 Å².